The number of hydrogen-bond donors (Lipinski definition) is 1. The van der Waals surface area contributed by atoms with Crippen LogP contribution in [0, 0.1) is 11.3 Å². The summed E-state index contributed by atoms with van der Waals surface area (Å²) in [6.07, 6.45) is 6.69. The molecule has 3 nitrogen and oxygen atoms in total. The van der Waals surface area contributed by atoms with Crippen molar-refractivity contribution in [3.63, 3.8) is 0 Å². The van der Waals surface area contributed by atoms with Crippen molar-refractivity contribution in [2.75, 3.05) is 13.1 Å². The molecule has 0 aromatic heterocycles. The largest absolute Gasteiger partial charge is 0.330 e. The molecule has 2 N–H and O–H groups in total. The molecule has 1 rings (SSSR count). The maximum atomic E-state index is 8.81. The summed E-state index contributed by atoms with van der Waals surface area (Å²) in [5, 5.41) is 8.81. The summed E-state index contributed by atoms with van der Waals surface area (Å²) in [6, 6.07) is 3.38. The molecule has 1 aliphatic heterocycles. The number of rotatable bonds is 5. The average molecular weight is 209 g/mol. The second-order valence-corrected chi connectivity index (χ2v) is 4.39. The highest BCUT2D eigenvalue weighted by Crippen LogP contribution is 2.24. The molecule has 0 aliphatic carbocycles. The van der Waals surface area contributed by atoms with E-state index in [1.165, 1.54) is 19.3 Å². The van der Waals surface area contributed by atoms with Crippen LogP contribution in [0.25, 0.3) is 0 Å². The van der Waals surface area contributed by atoms with Gasteiger partial charge in [0, 0.05) is 12.1 Å². The lowest BCUT2D eigenvalue weighted by atomic mass is 9.95. The van der Waals surface area contributed by atoms with E-state index < -0.39 is 0 Å². The zero-order valence-electron chi connectivity index (χ0n) is 9.78. The van der Waals surface area contributed by atoms with Crippen LogP contribution in [0.5, 0.6) is 0 Å². The van der Waals surface area contributed by atoms with E-state index in [9.17, 15) is 0 Å². The second-order valence-electron chi connectivity index (χ2n) is 4.39. The van der Waals surface area contributed by atoms with Gasteiger partial charge in [0.05, 0.1) is 12.5 Å². The van der Waals surface area contributed by atoms with Gasteiger partial charge in [-0.15, -0.1) is 0 Å². The van der Waals surface area contributed by atoms with Gasteiger partial charge >= 0.3 is 0 Å². The van der Waals surface area contributed by atoms with Crippen molar-refractivity contribution >= 4 is 0 Å². The third kappa shape index (κ3) is 3.48. The van der Waals surface area contributed by atoms with Gasteiger partial charge in [-0.2, -0.15) is 5.26 Å². The standard InChI is InChI=1S/C12H23N3/c1-2-11(6-8-13)15-10-4-3-5-12(15)7-9-14/h11-12H,2-7,9-10,14H2,1H3. The van der Waals surface area contributed by atoms with E-state index in [1.807, 2.05) is 0 Å². The van der Waals surface area contributed by atoms with Crippen LogP contribution in [0.2, 0.25) is 0 Å². The van der Waals surface area contributed by atoms with Gasteiger partial charge < -0.3 is 5.73 Å². The maximum absolute atomic E-state index is 8.81. The summed E-state index contributed by atoms with van der Waals surface area (Å²) in [6.45, 7) is 4.10. The Kier molecular flexibility index (Phi) is 5.67. The first-order valence-corrected chi connectivity index (χ1v) is 6.16. The number of piperidine rings is 1. The fourth-order valence-electron chi connectivity index (χ4n) is 2.61. The van der Waals surface area contributed by atoms with Gasteiger partial charge in [0.25, 0.3) is 0 Å². The molecule has 3 heteroatoms. The van der Waals surface area contributed by atoms with Crippen molar-refractivity contribution in [3.05, 3.63) is 0 Å². The van der Waals surface area contributed by atoms with Crippen molar-refractivity contribution in [1.29, 1.82) is 5.26 Å². The predicted molar refractivity (Wildman–Crippen MR) is 62.3 cm³/mol. The van der Waals surface area contributed by atoms with Gasteiger partial charge in [0.1, 0.15) is 0 Å². The predicted octanol–water partition coefficient (Wildman–Crippen LogP) is 1.88. The normalized spacial score (nSPS) is 24.7. The number of nitrogens with two attached hydrogens (primary N) is 1. The molecular formula is C12H23N3. The van der Waals surface area contributed by atoms with E-state index in [2.05, 4.69) is 17.9 Å². The minimum atomic E-state index is 0.451. The van der Waals surface area contributed by atoms with Crippen molar-refractivity contribution in [2.45, 2.75) is 57.5 Å². The Hall–Kier alpha value is -0.590. The van der Waals surface area contributed by atoms with Crippen molar-refractivity contribution in [2.24, 2.45) is 5.73 Å². The van der Waals surface area contributed by atoms with Crippen LogP contribution in [0.3, 0.4) is 0 Å². The summed E-state index contributed by atoms with van der Waals surface area (Å²) >= 11 is 0. The van der Waals surface area contributed by atoms with Crippen LogP contribution in [0.1, 0.15) is 45.4 Å². The van der Waals surface area contributed by atoms with Crippen molar-refractivity contribution < 1.29 is 0 Å². The Labute approximate surface area is 93.2 Å². The van der Waals surface area contributed by atoms with Crippen LogP contribution in [-0.2, 0) is 0 Å². The molecule has 86 valence electrons. The SMILES string of the molecule is CCC(CC#N)N1CCCCC1CCN. The number of nitrogens with zero attached hydrogens (tertiary/aromatic N) is 2. The van der Waals surface area contributed by atoms with E-state index in [0.717, 1.165) is 25.9 Å². The zero-order chi connectivity index (χ0) is 11.1. The fourth-order valence-corrected chi connectivity index (χ4v) is 2.61. The minimum absolute atomic E-state index is 0.451. The lowest BCUT2D eigenvalue weighted by molar-refractivity contribution is 0.0894. The van der Waals surface area contributed by atoms with E-state index >= 15 is 0 Å². The van der Waals surface area contributed by atoms with E-state index in [4.69, 9.17) is 11.0 Å². The van der Waals surface area contributed by atoms with E-state index in [0.29, 0.717) is 18.5 Å². The molecule has 0 spiro atoms. The van der Waals surface area contributed by atoms with Crippen LogP contribution >= 0.6 is 0 Å². The molecule has 0 amide bonds. The van der Waals surface area contributed by atoms with Gasteiger partial charge in [0.2, 0.25) is 0 Å². The first-order chi connectivity index (χ1) is 7.33. The molecule has 0 bridgehead atoms. The van der Waals surface area contributed by atoms with Crippen LogP contribution in [0.4, 0.5) is 0 Å². The van der Waals surface area contributed by atoms with Crippen molar-refractivity contribution in [1.82, 2.24) is 4.90 Å². The third-order valence-corrected chi connectivity index (χ3v) is 3.44. The van der Waals surface area contributed by atoms with E-state index in [1.54, 1.807) is 0 Å². The molecule has 1 aliphatic rings. The van der Waals surface area contributed by atoms with Gasteiger partial charge in [-0.3, -0.25) is 4.90 Å². The number of hydrogen-bond acceptors (Lipinski definition) is 3. The Balaban J connectivity index is 2.56. The quantitative estimate of drug-likeness (QED) is 0.752. The summed E-state index contributed by atoms with van der Waals surface area (Å²) in [5.41, 5.74) is 5.65. The van der Waals surface area contributed by atoms with E-state index in [-0.39, 0.29) is 0 Å². The highest BCUT2D eigenvalue weighted by Gasteiger charge is 2.26. The van der Waals surface area contributed by atoms with Crippen LogP contribution in [0.15, 0.2) is 0 Å². The highest BCUT2D eigenvalue weighted by atomic mass is 15.2. The molecule has 0 saturated carbocycles. The first kappa shape index (κ1) is 12.5. The lowest BCUT2D eigenvalue weighted by Gasteiger charge is -2.40. The highest BCUT2D eigenvalue weighted by molar-refractivity contribution is 4.87. The summed E-state index contributed by atoms with van der Waals surface area (Å²) in [7, 11) is 0. The number of nitriles is 1. The van der Waals surface area contributed by atoms with Gasteiger partial charge in [-0.1, -0.05) is 13.3 Å². The molecule has 0 aromatic rings. The zero-order valence-corrected chi connectivity index (χ0v) is 9.78. The maximum Gasteiger partial charge on any atom is 0.0638 e. The Bertz CT molecular complexity index is 207. The van der Waals surface area contributed by atoms with Gasteiger partial charge in [-0.25, -0.2) is 0 Å². The summed E-state index contributed by atoms with van der Waals surface area (Å²) in [5.74, 6) is 0. The fraction of sp³-hybridized carbons (Fsp3) is 0.917. The minimum Gasteiger partial charge on any atom is -0.330 e. The Morgan fingerprint density at radius 3 is 2.93 bits per heavy atom. The monoisotopic (exact) mass is 209 g/mol. The van der Waals surface area contributed by atoms with Crippen LogP contribution in [-0.4, -0.2) is 30.1 Å². The molecule has 15 heavy (non-hydrogen) atoms. The molecule has 0 aromatic carbocycles. The Morgan fingerprint density at radius 1 is 1.53 bits per heavy atom. The average Bonchev–Trinajstić information content (AvgIpc) is 2.27. The molecular weight excluding hydrogens is 186 g/mol. The molecule has 1 fully saturated rings. The summed E-state index contributed by atoms with van der Waals surface area (Å²) in [4.78, 5) is 2.53. The smallest absolute Gasteiger partial charge is 0.0638 e. The lowest BCUT2D eigenvalue weighted by Crippen LogP contribution is -2.46. The van der Waals surface area contributed by atoms with Gasteiger partial charge in [-0.05, 0) is 38.8 Å². The molecule has 1 heterocycles. The Morgan fingerprint density at radius 2 is 2.33 bits per heavy atom. The molecule has 0 radical (unpaired) electrons. The topological polar surface area (TPSA) is 53.0 Å². The first-order valence-electron chi connectivity index (χ1n) is 6.16. The molecule has 1 saturated heterocycles. The third-order valence-electron chi connectivity index (χ3n) is 3.44. The van der Waals surface area contributed by atoms with Gasteiger partial charge in [0.15, 0.2) is 0 Å². The molecule has 2 unspecified atom stereocenters. The summed E-state index contributed by atoms with van der Waals surface area (Å²) < 4.78 is 0. The number of likely N-dealkylation sites (tertiary alicyclic amines) is 1. The second kappa shape index (κ2) is 6.81. The molecule has 2 atom stereocenters. The van der Waals surface area contributed by atoms with Crippen LogP contribution < -0.4 is 5.73 Å². The van der Waals surface area contributed by atoms with Crippen molar-refractivity contribution in [3.8, 4) is 6.07 Å².